The van der Waals surface area contributed by atoms with Gasteiger partial charge in [0.1, 0.15) is 5.82 Å². The molecule has 8 nitrogen and oxygen atoms in total. The minimum Gasteiger partial charge on any atom is -0.354 e. The van der Waals surface area contributed by atoms with Crippen molar-refractivity contribution in [3.05, 3.63) is 29.3 Å². The van der Waals surface area contributed by atoms with Gasteiger partial charge >= 0.3 is 0 Å². The summed E-state index contributed by atoms with van der Waals surface area (Å²) in [5.41, 5.74) is 2.43. The number of nitrogens with zero attached hydrogens (tertiary/aromatic N) is 5. The molecule has 4 rings (SSSR count). The molecule has 0 unspecified atom stereocenters. The van der Waals surface area contributed by atoms with Gasteiger partial charge in [0.25, 0.3) is 10.0 Å². The van der Waals surface area contributed by atoms with Gasteiger partial charge in [-0.15, -0.1) is 5.10 Å². The summed E-state index contributed by atoms with van der Waals surface area (Å²) >= 11 is 0. The maximum atomic E-state index is 12.3. The van der Waals surface area contributed by atoms with E-state index in [-0.39, 0.29) is 10.9 Å². The first-order valence-electron chi connectivity index (χ1n) is 8.52. The third-order valence-electron chi connectivity index (χ3n) is 5.01. The Morgan fingerprint density at radius 3 is 2.80 bits per heavy atom. The van der Waals surface area contributed by atoms with Crippen LogP contribution in [0.4, 0.5) is 5.82 Å². The zero-order chi connectivity index (χ0) is 17.6. The Labute approximate surface area is 147 Å². The molecule has 0 saturated carbocycles. The van der Waals surface area contributed by atoms with Crippen LogP contribution in [0.15, 0.2) is 17.3 Å². The average Bonchev–Trinajstić information content (AvgIpc) is 3.12. The molecule has 25 heavy (non-hydrogen) atoms. The smallest absolute Gasteiger partial charge is 0.259 e. The van der Waals surface area contributed by atoms with Crippen molar-refractivity contribution in [2.75, 3.05) is 24.5 Å². The van der Waals surface area contributed by atoms with E-state index in [1.165, 1.54) is 11.8 Å². The number of rotatable bonds is 5. The lowest BCUT2D eigenvalue weighted by molar-refractivity contribution is 0.402. The van der Waals surface area contributed by atoms with E-state index in [2.05, 4.69) is 30.9 Å². The molecular weight excluding hydrogens is 340 g/mol. The van der Waals surface area contributed by atoms with Gasteiger partial charge in [-0.2, -0.15) is 5.10 Å². The summed E-state index contributed by atoms with van der Waals surface area (Å²) in [6, 6.07) is 2.13. The Morgan fingerprint density at radius 2 is 2.08 bits per heavy atom. The molecule has 1 aliphatic heterocycles. The SMILES string of the molecule is Cc1nc(S(=O)(=O)NCC2CN(c3cc4c(nn3)CCC4)C2)cn1C. The molecule has 134 valence electrons. The fourth-order valence-electron chi connectivity index (χ4n) is 3.31. The Kier molecular flexibility index (Phi) is 3.99. The number of aryl methyl sites for hydroxylation is 4. The number of nitrogens with one attached hydrogen (secondary N) is 1. The van der Waals surface area contributed by atoms with E-state index in [9.17, 15) is 8.42 Å². The van der Waals surface area contributed by atoms with Crippen LogP contribution >= 0.6 is 0 Å². The van der Waals surface area contributed by atoms with Gasteiger partial charge in [0, 0.05) is 38.8 Å². The zero-order valence-electron chi connectivity index (χ0n) is 14.4. The average molecular weight is 362 g/mol. The van der Waals surface area contributed by atoms with Gasteiger partial charge in [0.05, 0.1) is 5.69 Å². The van der Waals surface area contributed by atoms with E-state index in [4.69, 9.17) is 0 Å². The van der Waals surface area contributed by atoms with Gasteiger partial charge in [-0.1, -0.05) is 0 Å². The fourth-order valence-corrected chi connectivity index (χ4v) is 4.47. The Morgan fingerprint density at radius 1 is 1.28 bits per heavy atom. The largest absolute Gasteiger partial charge is 0.354 e. The second-order valence-corrected chi connectivity index (χ2v) is 8.60. The number of hydrogen-bond donors (Lipinski definition) is 1. The highest BCUT2D eigenvalue weighted by atomic mass is 32.2. The topological polar surface area (TPSA) is 93.0 Å². The highest BCUT2D eigenvalue weighted by Crippen LogP contribution is 2.27. The molecule has 0 radical (unpaired) electrons. The summed E-state index contributed by atoms with van der Waals surface area (Å²) in [6.07, 6.45) is 4.80. The van der Waals surface area contributed by atoms with Gasteiger partial charge in [-0.05, 0) is 37.8 Å². The molecule has 9 heteroatoms. The number of aromatic nitrogens is 4. The van der Waals surface area contributed by atoms with Crippen molar-refractivity contribution in [2.45, 2.75) is 31.2 Å². The van der Waals surface area contributed by atoms with Gasteiger partial charge in [-0.25, -0.2) is 18.1 Å². The predicted octanol–water partition coefficient (Wildman–Crippen LogP) is 0.422. The van der Waals surface area contributed by atoms with Crippen molar-refractivity contribution < 1.29 is 8.42 Å². The minimum atomic E-state index is -3.55. The van der Waals surface area contributed by atoms with Crippen LogP contribution in [-0.2, 0) is 29.9 Å². The van der Waals surface area contributed by atoms with Gasteiger partial charge < -0.3 is 9.47 Å². The van der Waals surface area contributed by atoms with Crippen LogP contribution in [-0.4, -0.2) is 47.8 Å². The second kappa shape index (κ2) is 6.06. The summed E-state index contributed by atoms with van der Waals surface area (Å²) in [4.78, 5) is 6.23. The van der Waals surface area contributed by atoms with Crippen molar-refractivity contribution in [1.29, 1.82) is 0 Å². The van der Waals surface area contributed by atoms with Crippen LogP contribution in [0.5, 0.6) is 0 Å². The predicted molar refractivity (Wildman–Crippen MR) is 92.9 cm³/mol. The van der Waals surface area contributed by atoms with Crippen molar-refractivity contribution in [1.82, 2.24) is 24.5 Å². The first-order valence-corrected chi connectivity index (χ1v) is 10.0. The summed E-state index contributed by atoms with van der Waals surface area (Å²) in [5, 5.41) is 8.69. The molecule has 0 amide bonds. The molecule has 3 heterocycles. The first kappa shape index (κ1) is 16.5. The third kappa shape index (κ3) is 3.13. The Hall–Kier alpha value is -2.00. The minimum absolute atomic E-state index is 0.0770. The molecule has 1 aliphatic carbocycles. The lowest BCUT2D eigenvalue weighted by Gasteiger charge is -2.40. The molecule has 0 spiro atoms. The van der Waals surface area contributed by atoms with Crippen LogP contribution in [0.25, 0.3) is 0 Å². The number of fused-ring (bicyclic) bond motifs is 1. The Bertz CT molecular complexity index is 882. The van der Waals surface area contributed by atoms with Crippen molar-refractivity contribution in [3.63, 3.8) is 0 Å². The summed E-state index contributed by atoms with van der Waals surface area (Å²) in [7, 11) is -1.77. The zero-order valence-corrected chi connectivity index (χ0v) is 15.3. The fraction of sp³-hybridized carbons (Fsp3) is 0.562. The molecule has 1 N–H and O–H groups in total. The van der Waals surface area contributed by atoms with E-state index in [0.29, 0.717) is 12.4 Å². The van der Waals surface area contributed by atoms with E-state index in [1.807, 2.05) is 0 Å². The number of anilines is 1. The quantitative estimate of drug-likeness (QED) is 0.829. The maximum Gasteiger partial charge on any atom is 0.259 e. The van der Waals surface area contributed by atoms with E-state index >= 15 is 0 Å². The second-order valence-electron chi connectivity index (χ2n) is 6.89. The van der Waals surface area contributed by atoms with E-state index in [0.717, 1.165) is 43.9 Å². The van der Waals surface area contributed by atoms with Crippen molar-refractivity contribution in [3.8, 4) is 0 Å². The molecule has 1 fully saturated rings. The number of sulfonamides is 1. The third-order valence-corrected chi connectivity index (χ3v) is 6.31. The Balaban J connectivity index is 1.33. The van der Waals surface area contributed by atoms with E-state index in [1.54, 1.807) is 18.5 Å². The summed E-state index contributed by atoms with van der Waals surface area (Å²) in [5.74, 6) is 1.85. The van der Waals surface area contributed by atoms with Gasteiger partial charge in [0.15, 0.2) is 10.8 Å². The lowest BCUT2D eigenvalue weighted by Crippen LogP contribution is -2.52. The highest BCUT2D eigenvalue weighted by Gasteiger charge is 2.30. The summed E-state index contributed by atoms with van der Waals surface area (Å²) in [6.45, 7) is 3.77. The molecule has 0 aromatic carbocycles. The lowest BCUT2D eigenvalue weighted by atomic mass is 10.0. The molecule has 2 aromatic heterocycles. The molecule has 1 saturated heterocycles. The molecule has 0 bridgehead atoms. The summed E-state index contributed by atoms with van der Waals surface area (Å²) < 4.78 is 29.0. The number of imidazole rings is 1. The molecule has 2 aromatic rings. The van der Waals surface area contributed by atoms with Gasteiger partial charge in [-0.3, -0.25) is 0 Å². The standard InChI is InChI=1S/C16H22N6O2S/c1-11-18-16(10-21(11)2)25(23,24)17-7-12-8-22(9-12)15-6-13-4-3-5-14(13)19-20-15/h6,10,12,17H,3-5,7-9H2,1-2H3. The molecular formula is C16H22N6O2S. The molecule has 2 aliphatic rings. The van der Waals surface area contributed by atoms with Gasteiger partial charge in [0.2, 0.25) is 0 Å². The number of hydrogen-bond acceptors (Lipinski definition) is 6. The molecule has 0 atom stereocenters. The first-order chi connectivity index (χ1) is 11.9. The van der Waals surface area contributed by atoms with Crippen LogP contribution in [0.1, 0.15) is 23.5 Å². The normalized spacial score (nSPS) is 17.6. The van der Waals surface area contributed by atoms with E-state index < -0.39 is 10.0 Å². The van der Waals surface area contributed by atoms with Crippen molar-refractivity contribution >= 4 is 15.8 Å². The highest BCUT2D eigenvalue weighted by molar-refractivity contribution is 7.89. The van der Waals surface area contributed by atoms with Crippen molar-refractivity contribution in [2.24, 2.45) is 13.0 Å². The monoisotopic (exact) mass is 362 g/mol. The van der Waals surface area contributed by atoms with Crippen LogP contribution in [0.3, 0.4) is 0 Å². The van der Waals surface area contributed by atoms with Crippen LogP contribution < -0.4 is 9.62 Å². The van der Waals surface area contributed by atoms with Crippen LogP contribution in [0.2, 0.25) is 0 Å². The maximum absolute atomic E-state index is 12.3. The van der Waals surface area contributed by atoms with Crippen LogP contribution in [0, 0.1) is 12.8 Å².